The van der Waals surface area contributed by atoms with Crippen LogP contribution in [0.4, 0.5) is 0 Å². The highest BCUT2D eigenvalue weighted by Gasteiger charge is 2.11. The standard InChI is InChI=1S/C8H18N4O.C7H8O3S/c1-2-13-5-3-4-10-8-11-6-7(9)12-8;1-6-2-4-7(5-3-6)11(8,9)10/h7H,2-6,9H2,1H3,(H2,10,11,12);2-5H,1H3,(H,8,9,10). The third-order valence-corrected chi connectivity index (χ3v) is 3.92. The van der Waals surface area contributed by atoms with Gasteiger partial charge < -0.3 is 21.1 Å². The predicted octanol–water partition coefficient (Wildman–Crippen LogP) is 0.488. The molecule has 0 amide bonds. The first kappa shape index (κ1) is 20.4. The van der Waals surface area contributed by atoms with Crippen molar-refractivity contribution < 1.29 is 17.7 Å². The Balaban J connectivity index is 0.000000243. The first-order valence-electron chi connectivity index (χ1n) is 7.75. The number of aryl methyl sites for hydroxylation is 1. The van der Waals surface area contributed by atoms with Gasteiger partial charge in [-0.3, -0.25) is 4.55 Å². The summed E-state index contributed by atoms with van der Waals surface area (Å²) < 4.78 is 34.7. The van der Waals surface area contributed by atoms with Crippen LogP contribution in [0.25, 0.3) is 0 Å². The zero-order valence-electron chi connectivity index (χ0n) is 14.0. The fourth-order valence-electron chi connectivity index (χ4n) is 1.80. The predicted molar refractivity (Wildman–Crippen MR) is 93.5 cm³/mol. The van der Waals surface area contributed by atoms with Crippen LogP contribution in [0.1, 0.15) is 18.9 Å². The van der Waals surface area contributed by atoms with Gasteiger partial charge in [-0.1, -0.05) is 17.7 Å². The molecular formula is C15H26N4O4S. The minimum Gasteiger partial charge on any atom is -0.382 e. The van der Waals surface area contributed by atoms with Crippen molar-refractivity contribution in [3.63, 3.8) is 0 Å². The van der Waals surface area contributed by atoms with Crippen LogP contribution in [-0.4, -0.2) is 51.4 Å². The maximum Gasteiger partial charge on any atom is 0.294 e. The molecule has 1 aliphatic rings. The molecule has 136 valence electrons. The average molecular weight is 358 g/mol. The minimum absolute atomic E-state index is 0.0191. The van der Waals surface area contributed by atoms with E-state index < -0.39 is 10.1 Å². The lowest BCUT2D eigenvalue weighted by Gasteiger charge is -2.08. The van der Waals surface area contributed by atoms with Crippen molar-refractivity contribution >= 4 is 16.1 Å². The molecule has 1 unspecified atom stereocenters. The van der Waals surface area contributed by atoms with Crippen LogP contribution in [0, 0.1) is 6.92 Å². The van der Waals surface area contributed by atoms with Crippen LogP contribution in [-0.2, 0) is 14.9 Å². The summed E-state index contributed by atoms with van der Waals surface area (Å²) in [5.74, 6) is 0.809. The van der Waals surface area contributed by atoms with Crippen molar-refractivity contribution in [2.24, 2.45) is 10.7 Å². The summed E-state index contributed by atoms with van der Waals surface area (Å²) in [4.78, 5) is 4.10. The summed E-state index contributed by atoms with van der Waals surface area (Å²) in [6.45, 7) is 6.95. The number of nitrogens with zero attached hydrogens (tertiary/aromatic N) is 1. The second-order valence-corrected chi connectivity index (χ2v) is 6.63. The topological polar surface area (TPSA) is 126 Å². The van der Waals surface area contributed by atoms with E-state index in [9.17, 15) is 8.42 Å². The van der Waals surface area contributed by atoms with Gasteiger partial charge in [-0.05, 0) is 32.4 Å². The molecule has 1 aromatic rings. The fraction of sp³-hybridized carbons (Fsp3) is 0.533. The molecule has 1 atom stereocenters. The molecule has 0 radical (unpaired) electrons. The van der Waals surface area contributed by atoms with Gasteiger partial charge >= 0.3 is 0 Å². The Hall–Kier alpha value is -1.68. The number of hydrogen-bond acceptors (Lipinski definition) is 7. The van der Waals surface area contributed by atoms with Gasteiger partial charge in [0.25, 0.3) is 10.1 Å². The summed E-state index contributed by atoms with van der Waals surface area (Å²) in [7, 11) is -4.02. The van der Waals surface area contributed by atoms with E-state index in [1.165, 1.54) is 12.1 Å². The van der Waals surface area contributed by atoms with Crippen LogP contribution in [0.2, 0.25) is 0 Å². The SMILES string of the molecule is CCOCCCNC1=NCC(N)N1.Cc1ccc(S(=O)(=O)O)cc1. The average Bonchev–Trinajstić information content (AvgIpc) is 2.93. The van der Waals surface area contributed by atoms with Gasteiger partial charge in [0.1, 0.15) is 0 Å². The van der Waals surface area contributed by atoms with Crippen LogP contribution in [0.3, 0.4) is 0 Å². The minimum atomic E-state index is -4.02. The summed E-state index contributed by atoms with van der Waals surface area (Å²) in [6.07, 6.45) is 0.971. The number of nitrogens with one attached hydrogen (secondary N) is 2. The lowest BCUT2D eigenvalue weighted by Crippen LogP contribution is -2.43. The lowest BCUT2D eigenvalue weighted by molar-refractivity contribution is 0.145. The fourth-order valence-corrected chi connectivity index (χ4v) is 2.28. The monoisotopic (exact) mass is 358 g/mol. The molecule has 0 fully saturated rings. The van der Waals surface area contributed by atoms with Gasteiger partial charge in [0.2, 0.25) is 0 Å². The number of benzene rings is 1. The molecular weight excluding hydrogens is 332 g/mol. The Bertz CT molecular complexity index is 617. The molecule has 2 rings (SSSR count). The van der Waals surface area contributed by atoms with Crippen LogP contribution >= 0.6 is 0 Å². The lowest BCUT2D eigenvalue weighted by atomic mass is 10.2. The largest absolute Gasteiger partial charge is 0.382 e. The molecule has 0 aromatic heterocycles. The van der Waals surface area contributed by atoms with E-state index in [0.717, 1.165) is 37.7 Å². The molecule has 0 saturated carbocycles. The van der Waals surface area contributed by atoms with E-state index >= 15 is 0 Å². The Labute approximate surface area is 143 Å². The molecule has 24 heavy (non-hydrogen) atoms. The zero-order chi connectivity index (χ0) is 18.0. The molecule has 8 nitrogen and oxygen atoms in total. The number of aliphatic imine (C=N–C) groups is 1. The number of hydrogen-bond donors (Lipinski definition) is 4. The van der Waals surface area contributed by atoms with Gasteiger partial charge in [-0.25, -0.2) is 4.99 Å². The smallest absolute Gasteiger partial charge is 0.294 e. The van der Waals surface area contributed by atoms with Crippen LogP contribution in [0.15, 0.2) is 34.2 Å². The normalized spacial score (nSPS) is 16.7. The second-order valence-electron chi connectivity index (χ2n) is 5.21. The Morgan fingerprint density at radius 1 is 1.42 bits per heavy atom. The Morgan fingerprint density at radius 3 is 2.58 bits per heavy atom. The van der Waals surface area contributed by atoms with Gasteiger partial charge in [-0.2, -0.15) is 8.42 Å². The third-order valence-electron chi connectivity index (χ3n) is 3.05. The van der Waals surface area contributed by atoms with E-state index in [4.69, 9.17) is 15.0 Å². The van der Waals surface area contributed by atoms with Gasteiger partial charge in [0.05, 0.1) is 17.6 Å². The highest BCUT2D eigenvalue weighted by molar-refractivity contribution is 7.85. The van der Waals surface area contributed by atoms with Crippen molar-refractivity contribution in [3.05, 3.63) is 29.8 Å². The summed E-state index contributed by atoms with van der Waals surface area (Å²) in [5.41, 5.74) is 6.54. The van der Waals surface area contributed by atoms with Gasteiger partial charge in [-0.15, -0.1) is 0 Å². The van der Waals surface area contributed by atoms with E-state index in [1.54, 1.807) is 12.1 Å². The summed E-state index contributed by atoms with van der Waals surface area (Å²) >= 11 is 0. The maximum absolute atomic E-state index is 10.5. The zero-order valence-corrected chi connectivity index (χ0v) is 14.8. The third kappa shape index (κ3) is 8.25. The molecule has 9 heteroatoms. The molecule has 1 aromatic carbocycles. The molecule has 0 aliphatic carbocycles. The summed E-state index contributed by atoms with van der Waals surface area (Å²) in [6, 6.07) is 5.99. The van der Waals surface area contributed by atoms with E-state index in [-0.39, 0.29) is 11.1 Å². The van der Waals surface area contributed by atoms with Crippen molar-refractivity contribution in [1.82, 2.24) is 10.6 Å². The number of nitrogens with two attached hydrogens (primary N) is 1. The Kier molecular flexibility index (Phi) is 8.69. The Morgan fingerprint density at radius 2 is 2.08 bits per heavy atom. The number of guanidine groups is 1. The summed E-state index contributed by atoms with van der Waals surface area (Å²) in [5, 5.41) is 6.17. The first-order valence-corrected chi connectivity index (χ1v) is 9.19. The van der Waals surface area contributed by atoms with Crippen LogP contribution in [0.5, 0.6) is 0 Å². The number of ether oxygens (including phenoxy) is 1. The molecule has 1 heterocycles. The molecule has 0 spiro atoms. The molecule has 5 N–H and O–H groups in total. The maximum atomic E-state index is 10.5. The van der Waals surface area contributed by atoms with Crippen molar-refractivity contribution in [1.29, 1.82) is 0 Å². The highest BCUT2D eigenvalue weighted by atomic mass is 32.2. The number of rotatable bonds is 6. The highest BCUT2D eigenvalue weighted by Crippen LogP contribution is 2.08. The van der Waals surface area contributed by atoms with Gasteiger partial charge in [0.15, 0.2) is 5.96 Å². The van der Waals surface area contributed by atoms with Crippen LogP contribution < -0.4 is 16.4 Å². The quantitative estimate of drug-likeness (QED) is 0.430. The van der Waals surface area contributed by atoms with Crippen molar-refractivity contribution in [2.45, 2.75) is 31.3 Å². The van der Waals surface area contributed by atoms with E-state index in [1.807, 2.05) is 13.8 Å². The first-order chi connectivity index (χ1) is 11.3. The molecule has 1 aliphatic heterocycles. The molecule has 0 bridgehead atoms. The van der Waals surface area contributed by atoms with E-state index in [2.05, 4.69) is 15.6 Å². The van der Waals surface area contributed by atoms with Gasteiger partial charge in [0, 0.05) is 19.8 Å². The van der Waals surface area contributed by atoms with Crippen molar-refractivity contribution in [3.8, 4) is 0 Å². The van der Waals surface area contributed by atoms with Crippen molar-refractivity contribution in [2.75, 3.05) is 26.3 Å². The molecule has 0 saturated heterocycles. The van der Waals surface area contributed by atoms with E-state index in [0.29, 0.717) is 6.54 Å². The second kappa shape index (κ2) is 10.2.